The molecule has 0 radical (unpaired) electrons. The summed E-state index contributed by atoms with van der Waals surface area (Å²) in [6.45, 7) is 2.53. The minimum absolute atomic E-state index is 0.0842. The Kier molecular flexibility index (Phi) is 4.10. The highest BCUT2D eigenvalue weighted by molar-refractivity contribution is 5.97. The summed E-state index contributed by atoms with van der Waals surface area (Å²) in [4.78, 5) is 11.0. The lowest BCUT2D eigenvalue weighted by molar-refractivity contribution is 0.0698. The largest absolute Gasteiger partial charge is 0.494 e. The SMILES string of the molecule is CCOc1ccc(Nc2cccc(C(=O)O)c2N)cc1. The van der Waals surface area contributed by atoms with E-state index in [0.717, 1.165) is 11.4 Å². The fourth-order valence-corrected chi connectivity index (χ4v) is 1.82. The molecule has 5 heteroatoms. The van der Waals surface area contributed by atoms with E-state index < -0.39 is 5.97 Å². The van der Waals surface area contributed by atoms with Crippen LogP contribution in [0.2, 0.25) is 0 Å². The lowest BCUT2D eigenvalue weighted by Crippen LogP contribution is -2.05. The zero-order valence-electron chi connectivity index (χ0n) is 11.1. The second-order valence-corrected chi connectivity index (χ2v) is 4.15. The van der Waals surface area contributed by atoms with Crippen LogP contribution in [-0.4, -0.2) is 17.7 Å². The van der Waals surface area contributed by atoms with Crippen LogP contribution in [-0.2, 0) is 0 Å². The van der Waals surface area contributed by atoms with E-state index in [0.29, 0.717) is 12.3 Å². The summed E-state index contributed by atoms with van der Waals surface area (Å²) in [6, 6.07) is 12.2. The molecule has 0 unspecified atom stereocenters. The highest BCUT2D eigenvalue weighted by Gasteiger charge is 2.10. The topological polar surface area (TPSA) is 84.6 Å². The van der Waals surface area contributed by atoms with Crippen LogP contribution in [0, 0.1) is 0 Å². The highest BCUT2D eigenvalue weighted by atomic mass is 16.5. The highest BCUT2D eigenvalue weighted by Crippen LogP contribution is 2.27. The molecule has 104 valence electrons. The number of carboxylic acids is 1. The number of aromatic carboxylic acids is 1. The van der Waals surface area contributed by atoms with Gasteiger partial charge in [-0.3, -0.25) is 0 Å². The maximum atomic E-state index is 11.0. The Balaban J connectivity index is 2.21. The van der Waals surface area contributed by atoms with Crippen LogP contribution < -0.4 is 15.8 Å². The van der Waals surface area contributed by atoms with Crippen molar-refractivity contribution in [3.63, 3.8) is 0 Å². The Labute approximate surface area is 117 Å². The molecule has 0 saturated carbocycles. The second-order valence-electron chi connectivity index (χ2n) is 4.15. The van der Waals surface area contributed by atoms with Crippen molar-refractivity contribution in [1.82, 2.24) is 0 Å². The molecule has 0 spiro atoms. The summed E-state index contributed by atoms with van der Waals surface area (Å²) in [7, 11) is 0. The fraction of sp³-hybridized carbons (Fsp3) is 0.133. The van der Waals surface area contributed by atoms with Crippen LogP contribution in [0.5, 0.6) is 5.75 Å². The maximum Gasteiger partial charge on any atom is 0.337 e. The number of nitrogen functional groups attached to an aromatic ring is 1. The summed E-state index contributed by atoms with van der Waals surface area (Å²) in [5.41, 5.74) is 7.51. The summed E-state index contributed by atoms with van der Waals surface area (Å²) < 4.78 is 5.36. The monoisotopic (exact) mass is 272 g/mol. The predicted octanol–water partition coefficient (Wildman–Crippen LogP) is 3.11. The van der Waals surface area contributed by atoms with Gasteiger partial charge in [0.1, 0.15) is 5.75 Å². The average molecular weight is 272 g/mol. The summed E-state index contributed by atoms with van der Waals surface area (Å²) >= 11 is 0. The fourth-order valence-electron chi connectivity index (χ4n) is 1.82. The van der Waals surface area contributed by atoms with Crippen molar-refractivity contribution in [2.45, 2.75) is 6.92 Å². The van der Waals surface area contributed by atoms with E-state index in [9.17, 15) is 4.79 Å². The van der Waals surface area contributed by atoms with Crippen LogP contribution in [0.4, 0.5) is 17.1 Å². The van der Waals surface area contributed by atoms with Gasteiger partial charge in [-0.1, -0.05) is 6.07 Å². The molecule has 2 aromatic rings. The van der Waals surface area contributed by atoms with Crippen molar-refractivity contribution in [3.05, 3.63) is 48.0 Å². The molecular weight excluding hydrogens is 256 g/mol. The third-order valence-corrected chi connectivity index (χ3v) is 2.78. The van der Waals surface area contributed by atoms with Gasteiger partial charge in [-0.2, -0.15) is 0 Å². The second kappa shape index (κ2) is 5.97. The number of ether oxygens (including phenoxy) is 1. The van der Waals surface area contributed by atoms with Crippen molar-refractivity contribution in [1.29, 1.82) is 0 Å². The first-order valence-corrected chi connectivity index (χ1v) is 6.23. The van der Waals surface area contributed by atoms with Gasteiger partial charge < -0.3 is 20.9 Å². The van der Waals surface area contributed by atoms with Crippen LogP contribution in [0.1, 0.15) is 17.3 Å². The molecule has 0 amide bonds. The maximum absolute atomic E-state index is 11.0. The molecule has 2 rings (SSSR count). The zero-order chi connectivity index (χ0) is 14.5. The van der Waals surface area contributed by atoms with Gasteiger partial charge in [0.25, 0.3) is 0 Å². The lowest BCUT2D eigenvalue weighted by atomic mass is 10.1. The zero-order valence-corrected chi connectivity index (χ0v) is 11.1. The molecule has 0 bridgehead atoms. The Morgan fingerprint density at radius 2 is 1.95 bits per heavy atom. The lowest BCUT2D eigenvalue weighted by Gasteiger charge is -2.11. The molecule has 4 N–H and O–H groups in total. The number of para-hydroxylation sites is 1. The quantitative estimate of drug-likeness (QED) is 0.728. The third-order valence-electron chi connectivity index (χ3n) is 2.78. The number of carbonyl (C=O) groups is 1. The summed E-state index contributed by atoms with van der Waals surface area (Å²) in [5, 5.41) is 12.1. The van der Waals surface area contributed by atoms with E-state index in [1.165, 1.54) is 6.07 Å². The van der Waals surface area contributed by atoms with E-state index in [-0.39, 0.29) is 11.3 Å². The van der Waals surface area contributed by atoms with Gasteiger partial charge in [-0.05, 0) is 43.3 Å². The molecule has 0 aliphatic heterocycles. The van der Waals surface area contributed by atoms with Crippen LogP contribution in [0.25, 0.3) is 0 Å². The van der Waals surface area contributed by atoms with E-state index in [1.807, 2.05) is 31.2 Å². The Bertz CT molecular complexity index is 609. The minimum Gasteiger partial charge on any atom is -0.494 e. The Hall–Kier alpha value is -2.69. The van der Waals surface area contributed by atoms with E-state index in [4.69, 9.17) is 15.6 Å². The first kappa shape index (κ1) is 13.7. The van der Waals surface area contributed by atoms with E-state index in [1.54, 1.807) is 12.1 Å². The summed E-state index contributed by atoms with van der Waals surface area (Å²) in [6.07, 6.45) is 0. The van der Waals surface area contributed by atoms with Crippen LogP contribution in [0.15, 0.2) is 42.5 Å². The number of nitrogens with one attached hydrogen (secondary N) is 1. The molecule has 0 heterocycles. The van der Waals surface area contributed by atoms with Crippen molar-refractivity contribution in [2.75, 3.05) is 17.7 Å². The molecule has 2 aromatic carbocycles. The van der Waals surface area contributed by atoms with E-state index >= 15 is 0 Å². The van der Waals surface area contributed by atoms with Crippen molar-refractivity contribution in [3.8, 4) is 5.75 Å². The molecule has 5 nitrogen and oxygen atoms in total. The van der Waals surface area contributed by atoms with Crippen LogP contribution >= 0.6 is 0 Å². The van der Waals surface area contributed by atoms with Gasteiger partial charge in [0.05, 0.1) is 23.5 Å². The number of nitrogens with two attached hydrogens (primary N) is 1. The van der Waals surface area contributed by atoms with Gasteiger partial charge in [0, 0.05) is 5.69 Å². The number of benzene rings is 2. The molecule has 0 saturated heterocycles. The van der Waals surface area contributed by atoms with Gasteiger partial charge in [0.2, 0.25) is 0 Å². The third kappa shape index (κ3) is 3.00. The van der Waals surface area contributed by atoms with Gasteiger partial charge in [-0.25, -0.2) is 4.79 Å². The number of hydrogen-bond donors (Lipinski definition) is 3. The van der Waals surface area contributed by atoms with Gasteiger partial charge >= 0.3 is 5.97 Å². The average Bonchev–Trinajstić information content (AvgIpc) is 2.43. The van der Waals surface area contributed by atoms with Gasteiger partial charge in [-0.15, -0.1) is 0 Å². The standard InChI is InChI=1S/C15H16N2O3/c1-2-20-11-8-6-10(7-9-11)17-13-5-3-4-12(14(13)16)15(18)19/h3-9,17H,2,16H2,1H3,(H,18,19). The number of rotatable bonds is 5. The molecule has 0 aliphatic rings. The molecule has 20 heavy (non-hydrogen) atoms. The van der Waals surface area contributed by atoms with Crippen LogP contribution in [0.3, 0.4) is 0 Å². The van der Waals surface area contributed by atoms with Crippen molar-refractivity contribution >= 4 is 23.0 Å². The number of carboxylic acid groups (broad SMARTS) is 1. The van der Waals surface area contributed by atoms with Crippen molar-refractivity contribution < 1.29 is 14.6 Å². The minimum atomic E-state index is -1.04. The number of hydrogen-bond acceptors (Lipinski definition) is 4. The smallest absolute Gasteiger partial charge is 0.337 e. The molecule has 0 aromatic heterocycles. The Morgan fingerprint density at radius 1 is 1.25 bits per heavy atom. The normalized spacial score (nSPS) is 10.1. The van der Waals surface area contributed by atoms with Gasteiger partial charge in [0.15, 0.2) is 0 Å². The summed E-state index contributed by atoms with van der Waals surface area (Å²) in [5.74, 6) is -0.261. The first-order valence-electron chi connectivity index (χ1n) is 6.23. The predicted molar refractivity (Wildman–Crippen MR) is 78.7 cm³/mol. The van der Waals surface area contributed by atoms with E-state index in [2.05, 4.69) is 5.32 Å². The molecule has 0 atom stereocenters. The molecular formula is C15H16N2O3. The number of anilines is 3. The molecule has 0 aliphatic carbocycles. The molecule has 0 fully saturated rings. The van der Waals surface area contributed by atoms with Crippen molar-refractivity contribution in [2.24, 2.45) is 0 Å². The first-order chi connectivity index (χ1) is 9.61. The Morgan fingerprint density at radius 3 is 2.55 bits per heavy atom.